The minimum Gasteiger partial charge on any atom is -0.382 e. The number of nitrogens with one attached hydrogen (secondary N) is 1. The van der Waals surface area contributed by atoms with Gasteiger partial charge in [-0.15, -0.1) is 11.6 Å². The second kappa shape index (κ2) is 10.3. The standard InChI is InChI=1S/C9H20ClNO2/c1-3-9(8-10)11-4-5-13-7-6-12-2/h9,11H,3-8H2,1-2H3. The van der Waals surface area contributed by atoms with E-state index < -0.39 is 0 Å². The second-order valence-corrected chi connectivity index (χ2v) is 3.13. The Morgan fingerprint density at radius 1 is 1.31 bits per heavy atom. The normalized spacial score (nSPS) is 13.2. The van der Waals surface area contributed by atoms with Crippen LogP contribution in [0.3, 0.4) is 0 Å². The summed E-state index contributed by atoms with van der Waals surface area (Å²) in [5.74, 6) is 0.661. The number of hydrogen-bond acceptors (Lipinski definition) is 3. The lowest BCUT2D eigenvalue weighted by Crippen LogP contribution is -2.32. The third kappa shape index (κ3) is 8.50. The fourth-order valence-electron chi connectivity index (χ4n) is 0.888. The Morgan fingerprint density at radius 2 is 2.08 bits per heavy atom. The van der Waals surface area contributed by atoms with Gasteiger partial charge >= 0.3 is 0 Å². The second-order valence-electron chi connectivity index (χ2n) is 2.82. The molecular formula is C9H20ClNO2. The Hall–Kier alpha value is 0.170. The van der Waals surface area contributed by atoms with E-state index in [0.717, 1.165) is 19.6 Å². The summed E-state index contributed by atoms with van der Waals surface area (Å²) in [6, 6.07) is 0.410. The summed E-state index contributed by atoms with van der Waals surface area (Å²) in [6.07, 6.45) is 1.06. The molecule has 0 aliphatic heterocycles. The summed E-state index contributed by atoms with van der Waals surface area (Å²) < 4.78 is 10.1. The van der Waals surface area contributed by atoms with Crippen LogP contribution in [0.15, 0.2) is 0 Å². The molecule has 0 aromatic carbocycles. The van der Waals surface area contributed by atoms with Crippen molar-refractivity contribution in [3.8, 4) is 0 Å². The molecule has 0 saturated heterocycles. The number of ether oxygens (including phenoxy) is 2. The molecule has 0 spiro atoms. The van der Waals surface area contributed by atoms with Crippen LogP contribution in [0.1, 0.15) is 13.3 Å². The van der Waals surface area contributed by atoms with Gasteiger partial charge in [0.25, 0.3) is 0 Å². The summed E-state index contributed by atoms with van der Waals surface area (Å²) in [4.78, 5) is 0. The predicted octanol–water partition coefficient (Wildman–Crippen LogP) is 1.26. The molecule has 4 heteroatoms. The molecule has 80 valence electrons. The Kier molecular flexibility index (Phi) is 10.4. The highest BCUT2D eigenvalue weighted by Gasteiger charge is 2.01. The van der Waals surface area contributed by atoms with Crippen molar-refractivity contribution >= 4 is 11.6 Å². The Labute approximate surface area is 85.7 Å². The highest BCUT2D eigenvalue weighted by molar-refractivity contribution is 6.18. The maximum absolute atomic E-state index is 5.71. The lowest BCUT2D eigenvalue weighted by Gasteiger charge is -2.13. The van der Waals surface area contributed by atoms with Gasteiger partial charge in [-0.1, -0.05) is 6.92 Å². The molecule has 0 saturated carbocycles. The minimum atomic E-state index is 0.410. The smallest absolute Gasteiger partial charge is 0.0700 e. The number of methoxy groups -OCH3 is 1. The van der Waals surface area contributed by atoms with Crippen molar-refractivity contribution in [2.24, 2.45) is 0 Å². The fraction of sp³-hybridized carbons (Fsp3) is 1.00. The zero-order valence-electron chi connectivity index (χ0n) is 8.51. The van der Waals surface area contributed by atoms with Crippen LogP contribution >= 0.6 is 11.6 Å². The van der Waals surface area contributed by atoms with E-state index in [4.69, 9.17) is 21.1 Å². The maximum atomic E-state index is 5.71. The fourth-order valence-corrected chi connectivity index (χ4v) is 1.21. The van der Waals surface area contributed by atoms with Crippen molar-refractivity contribution in [2.45, 2.75) is 19.4 Å². The van der Waals surface area contributed by atoms with E-state index in [2.05, 4.69) is 12.2 Å². The highest BCUT2D eigenvalue weighted by Crippen LogP contribution is 1.92. The monoisotopic (exact) mass is 209 g/mol. The van der Waals surface area contributed by atoms with Gasteiger partial charge in [0, 0.05) is 25.6 Å². The predicted molar refractivity (Wildman–Crippen MR) is 55.5 cm³/mol. The van der Waals surface area contributed by atoms with Crippen LogP contribution in [0.4, 0.5) is 0 Å². The molecule has 0 aliphatic carbocycles. The van der Waals surface area contributed by atoms with Gasteiger partial charge in [-0.25, -0.2) is 0 Å². The molecule has 0 amide bonds. The van der Waals surface area contributed by atoms with Crippen molar-refractivity contribution in [3.05, 3.63) is 0 Å². The molecule has 0 rings (SSSR count). The van der Waals surface area contributed by atoms with Crippen LogP contribution in [0.2, 0.25) is 0 Å². The molecule has 0 aromatic rings. The van der Waals surface area contributed by atoms with Gasteiger partial charge < -0.3 is 14.8 Å². The quantitative estimate of drug-likeness (QED) is 0.458. The summed E-state index contributed by atoms with van der Waals surface area (Å²) in [5.41, 5.74) is 0. The zero-order valence-corrected chi connectivity index (χ0v) is 9.27. The van der Waals surface area contributed by atoms with Crippen LogP contribution in [0.5, 0.6) is 0 Å². The molecule has 1 N–H and O–H groups in total. The lowest BCUT2D eigenvalue weighted by atomic mass is 10.2. The number of hydrogen-bond donors (Lipinski definition) is 1. The van der Waals surface area contributed by atoms with Crippen molar-refractivity contribution in [1.29, 1.82) is 0 Å². The molecule has 3 nitrogen and oxygen atoms in total. The minimum absolute atomic E-state index is 0.410. The summed E-state index contributed by atoms with van der Waals surface area (Å²) in [5, 5.41) is 3.30. The molecule has 1 atom stereocenters. The van der Waals surface area contributed by atoms with Gasteiger partial charge in [-0.05, 0) is 6.42 Å². The van der Waals surface area contributed by atoms with Gasteiger partial charge in [-0.2, -0.15) is 0 Å². The van der Waals surface area contributed by atoms with Gasteiger partial charge in [0.05, 0.1) is 19.8 Å². The number of halogens is 1. The van der Waals surface area contributed by atoms with E-state index in [1.807, 2.05) is 0 Å². The van der Waals surface area contributed by atoms with E-state index in [1.165, 1.54) is 0 Å². The number of rotatable bonds is 9. The van der Waals surface area contributed by atoms with Crippen LogP contribution in [0, 0.1) is 0 Å². The Bertz CT molecular complexity index is 99.6. The van der Waals surface area contributed by atoms with Crippen LogP contribution in [-0.2, 0) is 9.47 Å². The average Bonchev–Trinajstić information content (AvgIpc) is 2.17. The van der Waals surface area contributed by atoms with E-state index >= 15 is 0 Å². The zero-order chi connectivity index (χ0) is 9.94. The van der Waals surface area contributed by atoms with E-state index in [0.29, 0.717) is 25.1 Å². The molecule has 13 heavy (non-hydrogen) atoms. The van der Waals surface area contributed by atoms with Crippen molar-refractivity contribution in [2.75, 3.05) is 39.4 Å². The molecule has 0 bridgehead atoms. The maximum Gasteiger partial charge on any atom is 0.0700 e. The Morgan fingerprint density at radius 3 is 2.62 bits per heavy atom. The third-order valence-corrected chi connectivity index (χ3v) is 2.16. The SMILES string of the molecule is CCC(CCl)NCCOCCOC. The van der Waals surface area contributed by atoms with Crippen LogP contribution < -0.4 is 5.32 Å². The summed E-state index contributed by atoms with van der Waals surface area (Å²) >= 11 is 5.71. The molecule has 0 aliphatic rings. The van der Waals surface area contributed by atoms with Crippen LogP contribution in [0.25, 0.3) is 0 Å². The summed E-state index contributed by atoms with van der Waals surface area (Å²) in [6.45, 7) is 5.01. The largest absolute Gasteiger partial charge is 0.382 e. The van der Waals surface area contributed by atoms with Crippen molar-refractivity contribution in [1.82, 2.24) is 5.32 Å². The first kappa shape index (κ1) is 13.2. The van der Waals surface area contributed by atoms with Gasteiger partial charge in [-0.3, -0.25) is 0 Å². The van der Waals surface area contributed by atoms with Gasteiger partial charge in [0.2, 0.25) is 0 Å². The number of alkyl halides is 1. The van der Waals surface area contributed by atoms with E-state index in [9.17, 15) is 0 Å². The van der Waals surface area contributed by atoms with Gasteiger partial charge in [0.15, 0.2) is 0 Å². The van der Waals surface area contributed by atoms with E-state index in [1.54, 1.807) is 7.11 Å². The average molecular weight is 210 g/mol. The molecule has 0 fully saturated rings. The van der Waals surface area contributed by atoms with E-state index in [-0.39, 0.29) is 0 Å². The molecule has 0 radical (unpaired) electrons. The topological polar surface area (TPSA) is 30.5 Å². The first-order valence-corrected chi connectivity index (χ1v) is 5.24. The summed E-state index contributed by atoms with van der Waals surface area (Å²) in [7, 11) is 1.67. The van der Waals surface area contributed by atoms with Crippen LogP contribution in [-0.4, -0.2) is 45.4 Å². The van der Waals surface area contributed by atoms with Crippen molar-refractivity contribution in [3.63, 3.8) is 0 Å². The lowest BCUT2D eigenvalue weighted by molar-refractivity contribution is 0.0712. The first-order chi connectivity index (χ1) is 6.35. The molecular weight excluding hydrogens is 190 g/mol. The first-order valence-electron chi connectivity index (χ1n) is 4.71. The molecule has 0 aromatic heterocycles. The van der Waals surface area contributed by atoms with Gasteiger partial charge in [0.1, 0.15) is 0 Å². The third-order valence-electron chi connectivity index (χ3n) is 1.79. The van der Waals surface area contributed by atoms with Crippen molar-refractivity contribution < 1.29 is 9.47 Å². The highest BCUT2D eigenvalue weighted by atomic mass is 35.5. The molecule has 1 unspecified atom stereocenters. The Balaban J connectivity index is 3.05. The molecule has 0 heterocycles.